The number of alkyl halides is 1. The van der Waals surface area contributed by atoms with Crippen molar-refractivity contribution in [3.05, 3.63) is 58.4 Å². The summed E-state index contributed by atoms with van der Waals surface area (Å²) in [6, 6.07) is 3.92. The summed E-state index contributed by atoms with van der Waals surface area (Å²) in [7, 11) is 0. The number of anilines is 1. The van der Waals surface area contributed by atoms with E-state index in [-0.39, 0.29) is 5.38 Å². The molecule has 0 aliphatic heterocycles. The van der Waals surface area contributed by atoms with E-state index in [0.29, 0.717) is 13.0 Å². The first-order valence-electron chi connectivity index (χ1n) is 9.21. The molecule has 2 aromatic rings. The summed E-state index contributed by atoms with van der Waals surface area (Å²) in [6.07, 6.45) is 11.1. The molecule has 7 heteroatoms. The zero-order valence-electron chi connectivity index (χ0n) is 16.0. The Morgan fingerprint density at radius 2 is 2.15 bits per heavy atom. The molecule has 0 saturated carbocycles. The van der Waals surface area contributed by atoms with Crippen LogP contribution in [-0.4, -0.2) is 20.1 Å². The lowest BCUT2D eigenvalue weighted by molar-refractivity contribution is 0.603. The van der Waals surface area contributed by atoms with Gasteiger partial charge in [-0.25, -0.2) is 0 Å². The molecule has 3 rings (SSSR count). The quantitative estimate of drug-likeness (QED) is 0.541. The smallest absolute Gasteiger partial charge is 0.103 e. The van der Waals surface area contributed by atoms with Crippen molar-refractivity contribution in [1.29, 1.82) is 0 Å². The number of hydrogen-bond acceptors (Lipinski definition) is 4. The summed E-state index contributed by atoms with van der Waals surface area (Å²) in [5.41, 5.74) is 2.15. The zero-order chi connectivity index (χ0) is 19.6. The lowest BCUT2D eigenvalue weighted by Gasteiger charge is -2.11. The second-order valence-electron chi connectivity index (χ2n) is 5.70. The van der Waals surface area contributed by atoms with Gasteiger partial charge in [-0.15, -0.1) is 11.6 Å². The number of rotatable bonds is 6. The summed E-state index contributed by atoms with van der Waals surface area (Å²) in [6.45, 7) is 7.61. The summed E-state index contributed by atoms with van der Waals surface area (Å²) < 4.78 is 2.02. The predicted octanol–water partition coefficient (Wildman–Crippen LogP) is 6.44. The fourth-order valence-corrected chi connectivity index (χ4v) is 4.45. The van der Waals surface area contributed by atoms with Gasteiger partial charge in [0, 0.05) is 42.5 Å². The highest BCUT2D eigenvalue weighted by atomic mass is 35.5. The number of hydrogen-bond donors (Lipinski definition) is 1. The summed E-state index contributed by atoms with van der Waals surface area (Å²) in [5, 5.41) is 9.81. The molecule has 1 aliphatic carbocycles. The molecule has 2 aromatic heterocycles. The third kappa shape index (κ3) is 6.59. The van der Waals surface area contributed by atoms with Gasteiger partial charge in [0.15, 0.2) is 0 Å². The van der Waals surface area contributed by atoms with Crippen molar-refractivity contribution in [3.63, 3.8) is 0 Å². The molecule has 1 N–H and O–H groups in total. The first-order valence-corrected chi connectivity index (χ1v) is 10.8. The molecular weight excluding hydrogens is 399 g/mol. The van der Waals surface area contributed by atoms with Gasteiger partial charge in [-0.2, -0.15) is 5.10 Å². The third-order valence-corrected chi connectivity index (χ3v) is 5.64. The maximum atomic E-state index is 6.35. The van der Waals surface area contributed by atoms with Crippen LogP contribution >= 0.6 is 35.0 Å². The van der Waals surface area contributed by atoms with Gasteiger partial charge >= 0.3 is 0 Å². The van der Waals surface area contributed by atoms with E-state index in [1.54, 1.807) is 18.0 Å². The van der Waals surface area contributed by atoms with E-state index in [2.05, 4.69) is 28.4 Å². The van der Waals surface area contributed by atoms with Gasteiger partial charge in [0.2, 0.25) is 0 Å². The van der Waals surface area contributed by atoms with Gasteiger partial charge in [0.1, 0.15) is 5.03 Å². The minimum Gasteiger partial charge on any atom is -0.380 e. The van der Waals surface area contributed by atoms with E-state index in [1.807, 2.05) is 49.1 Å². The van der Waals surface area contributed by atoms with Crippen LogP contribution in [0.15, 0.2) is 57.8 Å². The molecule has 0 saturated heterocycles. The van der Waals surface area contributed by atoms with Crippen LogP contribution in [0.25, 0.3) is 0 Å². The monoisotopic (exact) mass is 424 g/mol. The average molecular weight is 425 g/mol. The van der Waals surface area contributed by atoms with E-state index >= 15 is 0 Å². The fraction of sp³-hybridized carbons (Fsp3) is 0.400. The van der Waals surface area contributed by atoms with Gasteiger partial charge in [0.25, 0.3) is 0 Å². The van der Waals surface area contributed by atoms with Crippen LogP contribution in [0.1, 0.15) is 39.2 Å². The van der Waals surface area contributed by atoms with Crippen LogP contribution in [0.4, 0.5) is 5.69 Å². The number of thioether (sulfide) groups is 1. The van der Waals surface area contributed by atoms with E-state index in [0.717, 1.165) is 34.3 Å². The summed E-state index contributed by atoms with van der Waals surface area (Å²) in [4.78, 5) is 5.33. The number of nitrogens with one attached hydrogen (secondary N) is 1. The Hall–Kier alpha value is -1.43. The first kappa shape index (κ1) is 21.9. The summed E-state index contributed by atoms with van der Waals surface area (Å²) >= 11 is 14.2. The minimum absolute atomic E-state index is 0.0660. The lowest BCUT2D eigenvalue weighted by Crippen LogP contribution is -2.03. The highest BCUT2D eigenvalue weighted by Crippen LogP contribution is 2.36. The van der Waals surface area contributed by atoms with Crippen molar-refractivity contribution in [1.82, 2.24) is 14.8 Å². The largest absolute Gasteiger partial charge is 0.380 e. The molecule has 0 aromatic carbocycles. The van der Waals surface area contributed by atoms with Crippen molar-refractivity contribution in [2.45, 2.75) is 57.1 Å². The maximum absolute atomic E-state index is 6.35. The highest BCUT2D eigenvalue weighted by molar-refractivity contribution is 8.03. The lowest BCUT2D eigenvalue weighted by atomic mass is 10.3. The van der Waals surface area contributed by atoms with Crippen molar-refractivity contribution in [2.24, 2.45) is 0 Å². The standard InChI is InChI=1S/C18H20Cl2N4S.C2H6/c1-2-24-18(25-17-6-5-14(19)8-15(20)9-17)13(11-23-24)10-22-16-4-3-7-21-12-16;1-2/h3-5,7,9,11-12,15,22H,2,6,8,10H2,1H3;1-2H3. The molecule has 0 bridgehead atoms. The molecular formula is C20H26Cl2N4S. The Bertz CT molecular complexity index is 772. The number of pyridine rings is 1. The van der Waals surface area contributed by atoms with Crippen LogP contribution in [0, 0.1) is 0 Å². The van der Waals surface area contributed by atoms with Crippen LogP contribution in [0.2, 0.25) is 0 Å². The maximum Gasteiger partial charge on any atom is 0.103 e. The zero-order valence-corrected chi connectivity index (χ0v) is 18.3. The Morgan fingerprint density at radius 3 is 2.85 bits per heavy atom. The Balaban J connectivity index is 0.00000126. The van der Waals surface area contributed by atoms with E-state index in [4.69, 9.17) is 23.2 Å². The Labute approximate surface area is 176 Å². The topological polar surface area (TPSA) is 42.7 Å². The molecule has 0 fully saturated rings. The molecule has 4 nitrogen and oxygen atoms in total. The normalized spacial score (nSPS) is 16.6. The highest BCUT2D eigenvalue weighted by Gasteiger charge is 2.16. The molecule has 2 heterocycles. The molecule has 0 spiro atoms. The minimum atomic E-state index is -0.0660. The second-order valence-corrected chi connectivity index (χ2v) is 7.86. The first-order chi connectivity index (χ1) is 13.2. The van der Waals surface area contributed by atoms with Crippen molar-refractivity contribution in [3.8, 4) is 0 Å². The molecule has 1 atom stereocenters. The van der Waals surface area contributed by atoms with E-state index in [9.17, 15) is 0 Å². The molecule has 0 amide bonds. The fourth-order valence-electron chi connectivity index (χ4n) is 2.55. The number of aryl methyl sites for hydroxylation is 1. The average Bonchev–Trinajstić information content (AvgIpc) is 2.99. The third-order valence-electron chi connectivity index (χ3n) is 3.82. The van der Waals surface area contributed by atoms with Crippen LogP contribution in [0.3, 0.4) is 0 Å². The predicted molar refractivity (Wildman–Crippen MR) is 118 cm³/mol. The molecule has 27 heavy (non-hydrogen) atoms. The van der Waals surface area contributed by atoms with Crippen LogP contribution in [0.5, 0.6) is 0 Å². The van der Waals surface area contributed by atoms with Gasteiger partial charge in [-0.05, 0) is 30.4 Å². The van der Waals surface area contributed by atoms with Crippen molar-refractivity contribution < 1.29 is 0 Å². The van der Waals surface area contributed by atoms with Crippen molar-refractivity contribution in [2.75, 3.05) is 5.32 Å². The van der Waals surface area contributed by atoms with E-state index in [1.165, 1.54) is 4.91 Å². The van der Waals surface area contributed by atoms with Gasteiger partial charge < -0.3 is 5.32 Å². The van der Waals surface area contributed by atoms with Crippen molar-refractivity contribution >= 4 is 40.7 Å². The number of nitrogens with zero attached hydrogens (tertiary/aromatic N) is 3. The summed E-state index contributed by atoms with van der Waals surface area (Å²) in [5.74, 6) is 0. The Kier molecular flexibility index (Phi) is 9.25. The second kappa shape index (κ2) is 11.4. The van der Waals surface area contributed by atoms with Crippen LogP contribution in [-0.2, 0) is 13.1 Å². The SMILES string of the molecule is CC.CCn1ncc(CNc2cccnc2)c1SC1=CC(Cl)CC(Cl)=CC1. The molecule has 1 unspecified atom stereocenters. The molecule has 1 aliphatic rings. The number of aromatic nitrogens is 3. The number of allylic oxidation sites excluding steroid dienone is 4. The number of halogens is 2. The van der Waals surface area contributed by atoms with Gasteiger partial charge in [-0.3, -0.25) is 9.67 Å². The van der Waals surface area contributed by atoms with Gasteiger partial charge in [0.05, 0.1) is 17.3 Å². The van der Waals surface area contributed by atoms with E-state index < -0.39 is 0 Å². The molecule has 146 valence electrons. The molecule has 0 radical (unpaired) electrons. The van der Waals surface area contributed by atoms with Crippen LogP contribution < -0.4 is 5.32 Å². The van der Waals surface area contributed by atoms with Gasteiger partial charge in [-0.1, -0.05) is 49.4 Å². The Morgan fingerprint density at radius 1 is 1.33 bits per heavy atom.